The van der Waals surface area contributed by atoms with E-state index in [1.54, 1.807) is 6.92 Å². The first-order chi connectivity index (χ1) is 6.02. The molecule has 0 saturated carbocycles. The maximum Gasteiger partial charge on any atom is 0.333 e. The van der Waals surface area contributed by atoms with Crippen molar-refractivity contribution in [2.75, 3.05) is 0 Å². The Labute approximate surface area is 84.4 Å². The molecule has 0 aliphatic rings. The molecule has 2 atom stereocenters. The number of carbonyl (C=O) groups is 1. The van der Waals surface area contributed by atoms with Gasteiger partial charge < -0.3 is 8.85 Å². The molecule has 0 saturated heterocycles. The van der Waals surface area contributed by atoms with Crippen molar-refractivity contribution in [3.63, 3.8) is 0 Å². The molecule has 13 heavy (non-hydrogen) atoms. The van der Waals surface area contributed by atoms with Gasteiger partial charge in [-0.05, 0) is 19.9 Å². The molecular formula is C8H18O3Si2. The third-order valence-corrected chi connectivity index (χ3v) is 6.53. The van der Waals surface area contributed by atoms with Crippen LogP contribution < -0.4 is 0 Å². The largest absolute Gasteiger partial charge is 0.463 e. The van der Waals surface area contributed by atoms with Gasteiger partial charge in [-0.2, -0.15) is 0 Å². The number of esters is 1. The van der Waals surface area contributed by atoms with E-state index in [4.69, 9.17) is 8.85 Å². The zero-order valence-corrected chi connectivity index (χ0v) is 11.9. The molecule has 2 unspecified atom stereocenters. The van der Waals surface area contributed by atoms with Gasteiger partial charge in [0.25, 0.3) is 0 Å². The minimum atomic E-state index is -1.32. The van der Waals surface area contributed by atoms with Crippen LogP contribution >= 0.6 is 0 Å². The second kappa shape index (κ2) is 6.12. The SMILES string of the molecule is C=C(C)C(=O)OC(CC)[SiH](C)O[SiH3]. The lowest BCUT2D eigenvalue weighted by Gasteiger charge is -2.20. The lowest BCUT2D eigenvalue weighted by atomic mass is 10.4. The van der Waals surface area contributed by atoms with Crippen LogP contribution in [0.15, 0.2) is 12.2 Å². The van der Waals surface area contributed by atoms with Crippen molar-refractivity contribution in [1.29, 1.82) is 0 Å². The van der Waals surface area contributed by atoms with Crippen LogP contribution in [-0.2, 0) is 13.6 Å². The van der Waals surface area contributed by atoms with Crippen molar-refractivity contribution in [2.24, 2.45) is 0 Å². The first kappa shape index (κ1) is 12.6. The highest BCUT2D eigenvalue weighted by Gasteiger charge is 2.20. The first-order valence-electron chi connectivity index (χ1n) is 4.42. The van der Waals surface area contributed by atoms with Gasteiger partial charge in [-0.3, -0.25) is 0 Å². The van der Waals surface area contributed by atoms with E-state index in [-0.39, 0.29) is 11.7 Å². The van der Waals surface area contributed by atoms with Crippen LogP contribution in [0.5, 0.6) is 0 Å². The molecule has 0 aromatic heterocycles. The van der Waals surface area contributed by atoms with Gasteiger partial charge in [0.2, 0.25) is 9.04 Å². The lowest BCUT2D eigenvalue weighted by molar-refractivity contribution is -0.141. The molecule has 0 rings (SSSR count). The highest BCUT2D eigenvalue weighted by Crippen LogP contribution is 2.06. The Bertz CT molecular complexity index is 194. The molecule has 5 heteroatoms. The van der Waals surface area contributed by atoms with Gasteiger partial charge in [-0.25, -0.2) is 4.79 Å². The van der Waals surface area contributed by atoms with Crippen molar-refractivity contribution in [3.05, 3.63) is 12.2 Å². The fraction of sp³-hybridized carbons (Fsp3) is 0.625. The number of hydrogen-bond donors (Lipinski definition) is 0. The molecule has 0 radical (unpaired) electrons. The average molecular weight is 218 g/mol. The van der Waals surface area contributed by atoms with Crippen molar-refractivity contribution >= 4 is 25.5 Å². The molecule has 0 aliphatic carbocycles. The highest BCUT2D eigenvalue weighted by atomic mass is 28.3. The van der Waals surface area contributed by atoms with Crippen LogP contribution in [0.25, 0.3) is 0 Å². The van der Waals surface area contributed by atoms with Crippen LogP contribution in [0, 0.1) is 0 Å². The standard InChI is InChI=1S/C8H18O3Si2/c1-5-7(13(4)11-12)10-8(9)6(2)3/h7,13H,2,5H2,1,3-4,12H3. The molecule has 3 nitrogen and oxygen atoms in total. The summed E-state index contributed by atoms with van der Waals surface area (Å²) in [5, 5.41) is 0. The Hall–Kier alpha value is -0.396. The van der Waals surface area contributed by atoms with Gasteiger partial charge in [0.05, 0.1) is 0 Å². The summed E-state index contributed by atoms with van der Waals surface area (Å²) in [6.45, 7) is 9.24. The molecule has 0 aromatic rings. The zero-order valence-electron chi connectivity index (χ0n) is 8.79. The first-order valence-corrected chi connectivity index (χ1v) is 7.53. The van der Waals surface area contributed by atoms with Crippen LogP contribution in [-0.4, -0.2) is 31.2 Å². The molecule has 0 N–H and O–H groups in total. The van der Waals surface area contributed by atoms with Crippen molar-refractivity contribution < 1.29 is 13.6 Å². The zero-order chi connectivity index (χ0) is 10.4. The van der Waals surface area contributed by atoms with E-state index in [1.165, 1.54) is 0 Å². The molecule has 0 bridgehead atoms. The molecule has 76 valence electrons. The normalized spacial score (nSPS) is 15.0. The summed E-state index contributed by atoms with van der Waals surface area (Å²) in [5.41, 5.74) is 0.440. The summed E-state index contributed by atoms with van der Waals surface area (Å²) in [6.07, 6.45) is 0.828. The van der Waals surface area contributed by atoms with Crippen LogP contribution in [0.4, 0.5) is 0 Å². The maximum absolute atomic E-state index is 11.2. The van der Waals surface area contributed by atoms with E-state index in [9.17, 15) is 4.79 Å². The summed E-state index contributed by atoms with van der Waals surface area (Å²) in [5.74, 6) is -0.301. The van der Waals surface area contributed by atoms with Crippen molar-refractivity contribution in [1.82, 2.24) is 0 Å². The molecule has 0 spiro atoms. The molecule has 0 aromatic carbocycles. The third-order valence-electron chi connectivity index (χ3n) is 1.90. The Kier molecular flexibility index (Phi) is 5.93. The fourth-order valence-corrected chi connectivity index (χ4v) is 3.09. The van der Waals surface area contributed by atoms with Crippen molar-refractivity contribution in [2.45, 2.75) is 32.5 Å². The highest BCUT2D eigenvalue weighted by molar-refractivity contribution is 6.55. The van der Waals surface area contributed by atoms with Crippen LogP contribution in [0.3, 0.4) is 0 Å². The van der Waals surface area contributed by atoms with Gasteiger partial charge in [-0.1, -0.05) is 13.5 Å². The Morgan fingerprint density at radius 2 is 2.23 bits per heavy atom. The molecule has 0 heterocycles. The van der Waals surface area contributed by atoms with Gasteiger partial charge in [0.1, 0.15) is 16.2 Å². The number of hydrogen-bond acceptors (Lipinski definition) is 3. The Balaban J connectivity index is 4.12. The third kappa shape index (κ3) is 4.40. The number of carbonyl (C=O) groups excluding carboxylic acids is 1. The summed E-state index contributed by atoms with van der Waals surface area (Å²) in [7, 11) is -0.596. The monoisotopic (exact) mass is 218 g/mol. The lowest BCUT2D eigenvalue weighted by Crippen LogP contribution is -2.34. The predicted molar refractivity (Wildman–Crippen MR) is 59.0 cm³/mol. The second-order valence-corrected chi connectivity index (χ2v) is 7.11. The summed E-state index contributed by atoms with van der Waals surface area (Å²) in [6, 6.07) is 0. The number of ether oxygens (including phenoxy) is 1. The topological polar surface area (TPSA) is 35.5 Å². The predicted octanol–water partition coefficient (Wildman–Crippen LogP) is 0.0741. The summed E-state index contributed by atoms with van der Waals surface area (Å²) >= 11 is 0. The second-order valence-electron chi connectivity index (χ2n) is 3.07. The van der Waals surface area contributed by atoms with E-state index < -0.39 is 9.04 Å². The van der Waals surface area contributed by atoms with Gasteiger partial charge >= 0.3 is 5.97 Å². The summed E-state index contributed by atoms with van der Waals surface area (Å²) < 4.78 is 10.6. The molecule has 0 amide bonds. The molecule has 0 fully saturated rings. The minimum Gasteiger partial charge on any atom is -0.463 e. The Morgan fingerprint density at radius 3 is 2.54 bits per heavy atom. The Morgan fingerprint density at radius 1 is 1.69 bits per heavy atom. The van der Waals surface area contributed by atoms with E-state index in [0.717, 1.165) is 16.9 Å². The van der Waals surface area contributed by atoms with Gasteiger partial charge in [0.15, 0.2) is 0 Å². The molecule has 0 aliphatic heterocycles. The van der Waals surface area contributed by atoms with Gasteiger partial charge in [0, 0.05) is 5.57 Å². The molecular weight excluding hydrogens is 200 g/mol. The maximum atomic E-state index is 11.2. The van der Waals surface area contributed by atoms with Crippen molar-refractivity contribution in [3.8, 4) is 0 Å². The van der Waals surface area contributed by atoms with Crippen LogP contribution in [0.1, 0.15) is 20.3 Å². The van der Waals surface area contributed by atoms with Gasteiger partial charge in [-0.15, -0.1) is 0 Å². The summed E-state index contributed by atoms with van der Waals surface area (Å²) in [4.78, 5) is 11.2. The van der Waals surface area contributed by atoms with E-state index in [0.29, 0.717) is 5.57 Å². The smallest absolute Gasteiger partial charge is 0.333 e. The quantitative estimate of drug-likeness (QED) is 0.372. The number of rotatable bonds is 5. The van der Waals surface area contributed by atoms with E-state index in [1.807, 2.05) is 13.5 Å². The van der Waals surface area contributed by atoms with E-state index in [2.05, 4.69) is 6.58 Å². The van der Waals surface area contributed by atoms with Crippen LogP contribution in [0.2, 0.25) is 6.55 Å². The average Bonchev–Trinajstić information content (AvgIpc) is 2.12. The minimum absolute atomic E-state index is 0.0123. The van der Waals surface area contributed by atoms with E-state index >= 15 is 0 Å². The fourth-order valence-electron chi connectivity index (χ4n) is 0.901.